The molecule has 31 heavy (non-hydrogen) atoms. The highest BCUT2D eigenvalue weighted by molar-refractivity contribution is 6.04. The third kappa shape index (κ3) is 3.19. The molecule has 5 rings (SSSR count). The summed E-state index contributed by atoms with van der Waals surface area (Å²) >= 11 is 0. The maximum atomic E-state index is 12.8. The Balaban J connectivity index is 1.47. The number of tetrazole rings is 1. The Morgan fingerprint density at radius 1 is 1.10 bits per heavy atom. The van der Waals surface area contributed by atoms with Crippen molar-refractivity contribution in [2.45, 2.75) is 18.9 Å². The molecular weight excluding hydrogens is 400 g/mol. The number of anilines is 1. The predicted octanol–water partition coefficient (Wildman–Crippen LogP) is 0.873. The molecule has 3 heterocycles. The smallest absolute Gasteiger partial charge is 0.321 e. The molecule has 1 aromatic carbocycles. The molecule has 0 saturated heterocycles. The number of amides is 1. The molecule has 0 unspecified atom stereocenters. The summed E-state index contributed by atoms with van der Waals surface area (Å²) in [4.78, 5) is 41.5. The normalized spacial score (nSPS) is 13.5. The van der Waals surface area contributed by atoms with Crippen LogP contribution < -0.4 is 16.6 Å². The highest BCUT2D eigenvalue weighted by Crippen LogP contribution is 2.36. The van der Waals surface area contributed by atoms with Crippen LogP contribution in [0, 0.1) is 0 Å². The predicted molar refractivity (Wildman–Crippen MR) is 112 cm³/mol. The molecule has 0 aliphatic heterocycles. The minimum absolute atomic E-state index is 0.0870. The van der Waals surface area contributed by atoms with Gasteiger partial charge in [0.05, 0.1) is 11.4 Å². The largest absolute Gasteiger partial charge is 0.332 e. The molecule has 0 spiro atoms. The molecule has 11 nitrogen and oxygen atoms in total. The maximum absolute atomic E-state index is 12.8. The molecule has 11 heteroatoms. The minimum Gasteiger partial charge on any atom is -0.321 e. The van der Waals surface area contributed by atoms with Crippen molar-refractivity contribution in [3.63, 3.8) is 0 Å². The van der Waals surface area contributed by atoms with Gasteiger partial charge in [0.15, 0.2) is 5.82 Å². The van der Waals surface area contributed by atoms with E-state index in [9.17, 15) is 14.4 Å². The number of hydrogen-bond acceptors (Lipinski definition) is 7. The monoisotopic (exact) mass is 418 g/mol. The summed E-state index contributed by atoms with van der Waals surface area (Å²) in [6, 6.07) is 10.5. The van der Waals surface area contributed by atoms with Crippen molar-refractivity contribution in [2.75, 3.05) is 5.32 Å². The number of hydrogen-bond donors (Lipinski definition) is 1. The lowest BCUT2D eigenvalue weighted by Gasteiger charge is -2.10. The van der Waals surface area contributed by atoms with E-state index in [1.165, 1.54) is 30.8 Å². The first-order chi connectivity index (χ1) is 14.9. The summed E-state index contributed by atoms with van der Waals surface area (Å²) in [5.74, 6) is 0.183. The molecule has 1 aliphatic carbocycles. The van der Waals surface area contributed by atoms with Crippen molar-refractivity contribution in [3.8, 4) is 11.4 Å². The highest BCUT2D eigenvalue weighted by Gasteiger charge is 2.28. The van der Waals surface area contributed by atoms with Gasteiger partial charge in [0.25, 0.3) is 11.5 Å². The van der Waals surface area contributed by atoms with E-state index in [4.69, 9.17) is 0 Å². The van der Waals surface area contributed by atoms with Crippen molar-refractivity contribution in [2.24, 2.45) is 14.1 Å². The zero-order chi connectivity index (χ0) is 21.7. The zero-order valence-corrected chi connectivity index (χ0v) is 16.8. The molecule has 1 amide bonds. The van der Waals surface area contributed by atoms with Crippen LogP contribution in [0.4, 0.5) is 5.69 Å². The van der Waals surface area contributed by atoms with Gasteiger partial charge in [-0.3, -0.25) is 18.7 Å². The number of aryl methyl sites for hydroxylation is 1. The Hall–Kier alpha value is -4.15. The lowest BCUT2D eigenvalue weighted by atomic mass is 10.2. The van der Waals surface area contributed by atoms with E-state index in [2.05, 4.69) is 25.8 Å². The summed E-state index contributed by atoms with van der Waals surface area (Å²) in [5.41, 5.74) is 0.601. The first kappa shape index (κ1) is 18.9. The molecule has 3 aromatic heterocycles. The maximum Gasteiger partial charge on any atom is 0.332 e. The number of carbonyl (C=O) groups is 1. The van der Waals surface area contributed by atoms with Gasteiger partial charge in [-0.1, -0.05) is 12.1 Å². The van der Waals surface area contributed by atoms with Gasteiger partial charge in [0, 0.05) is 25.3 Å². The van der Waals surface area contributed by atoms with E-state index in [0.717, 1.165) is 23.0 Å². The number of nitrogens with zero attached hydrogens (tertiary/aromatic N) is 7. The first-order valence-electron chi connectivity index (χ1n) is 9.70. The average Bonchev–Trinajstić information content (AvgIpc) is 3.52. The number of rotatable bonds is 4. The third-order valence-electron chi connectivity index (χ3n) is 5.30. The van der Waals surface area contributed by atoms with Gasteiger partial charge in [-0.15, -0.1) is 5.10 Å². The molecule has 0 bridgehead atoms. The minimum atomic E-state index is -0.511. The van der Waals surface area contributed by atoms with Crippen molar-refractivity contribution in [1.82, 2.24) is 34.3 Å². The molecule has 1 aliphatic rings. The molecule has 1 N–H and O–H groups in total. The van der Waals surface area contributed by atoms with Gasteiger partial charge in [0.1, 0.15) is 11.3 Å². The number of benzene rings is 1. The lowest BCUT2D eigenvalue weighted by Crippen LogP contribution is -2.37. The second-order valence-corrected chi connectivity index (χ2v) is 7.49. The molecule has 156 valence electrons. The number of carbonyl (C=O) groups excluding carboxylic acids is 1. The summed E-state index contributed by atoms with van der Waals surface area (Å²) in [7, 11) is 2.91. The van der Waals surface area contributed by atoms with Crippen LogP contribution in [-0.2, 0) is 14.1 Å². The van der Waals surface area contributed by atoms with Crippen molar-refractivity contribution >= 4 is 22.6 Å². The first-order valence-corrected chi connectivity index (χ1v) is 9.70. The van der Waals surface area contributed by atoms with Gasteiger partial charge in [0.2, 0.25) is 0 Å². The second kappa shape index (κ2) is 6.97. The van der Waals surface area contributed by atoms with Crippen LogP contribution >= 0.6 is 0 Å². The van der Waals surface area contributed by atoms with E-state index >= 15 is 0 Å². The van der Waals surface area contributed by atoms with E-state index in [1.54, 1.807) is 22.9 Å². The quantitative estimate of drug-likeness (QED) is 0.520. The second-order valence-electron chi connectivity index (χ2n) is 7.49. The zero-order valence-electron chi connectivity index (χ0n) is 16.8. The van der Waals surface area contributed by atoms with Crippen molar-refractivity contribution < 1.29 is 4.79 Å². The van der Waals surface area contributed by atoms with Gasteiger partial charge < -0.3 is 5.32 Å². The van der Waals surface area contributed by atoms with Crippen LogP contribution in [0.2, 0.25) is 0 Å². The van der Waals surface area contributed by atoms with E-state index in [1.807, 2.05) is 6.07 Å². The molecule has 1 saturated carbocycles. The molecular formula is C20H18N8O3. The Morgan fingerprint density at radius 2 is 1.90 bits per heavy atom. The Bertz CT molecular complexity index is 1460. The third-order valence-corrected chi connectivity index (χ3v) is 5.30. The van der Waals surface area contributed by atoms with Gasteiger partial charge in [-0.05, 0) is 47.5 Å². The van der Waals surface area contributed by atoms with Crippen LogP contribution in [0.1, 0.15) is 29.4 Å². The van der Waals surface area contributed by atoms with Gasteiger partial charge >= 0.3 is 5.69 Å². The van der Waals surface area contributed by atoms with Crippen LogP contribution in [0.15, 0.2) is 46.0 Å². The fraction of sp³-hybridized carbons (Fsp3) is 0.250. The Kier molecular flexibility index (Phi) is 4.24. The summed E-state index contributed by atoms with van der Waals surface area (Å²) < 4.78 is 4.04. The van der Waals surface area contributed by atoms with E-state index in [-0.39, 0.29) is 16.7 Å². The van der Waals surface area contributed by atoms with Crippen LogP contribution in [-0.4, -0.2) is 40.2 Å². The topological polar surface area (TPSA) is 130 Å². The number of fused-ring (bicyclic) bond motifs is 1. The molecule has 1 fully saturated rings. The summed E-state index contributed by atoms with van der Waals surface area (Å²) in [6.45, 7) is 0. The van der Waals surface area contributed by atoms with Crippen LogP contribution in [0.3, 0.4) is 0 Å². The SMILES string of the molecule is Cn1c(=O)c2ccc(C(=O)Nc3cccc(-c4nnnn4C4CC4)c3)nc2n(C)c1=O. The number of pyridine rings is 1. The summed E-state index contributed by atoms with van der Waals surface area (Å²) in [5, 5.41) is 15.0. The van der Waals surface area contributed by atoms with E-state index < -0.39 is 17.2 Å². The number of nitrogens with one attached hydrogen (secondary N) is 1. The van der Waals surface area contributed by atoms with Gasteiger partial charge in [-0.25, -0.2) is 14.5 Å². The Morgan fingerprint density at radius 3 is 2.68 bits per heavy atom. The summed E-state index contributed by atoms with van der Waals surface area (Å²) in [6.07, 6.45) is 2.10. The van der Waals surface area contributed by atoms with E-state index in [0.29, 0.717) is 17.6 Å². The van der Waals surface area contributed by atoms with Crippen molar-refractivity contribution in [1.29, 1.82) is 0 Å². The van der Waals surface area contributed by atoms with Crippen LogP contribution in [0.5, 0.6) is 0 Å². The fourth-order valence-corrected chi connectivity index (χ4v) is 3.46. The fourth-order valence-electron chi connectivity index (χ4n) is 3.46. The standard InChI is InChI=1S/C20H18N8O3/c1-26-17-14(19(30)27(2)20(26)31)8-9-15(22-17)18(29)21-12-5-3-4-11(10-12)16-23-24-25-28(16)13-6-7-13/h3-5,8-10,13H,6-7H2,1-2H3,(H,21,29). The molecule has 0 radical (unpaired) electrons. The van der Waals surface area contributed by atoms with Gasteiger partial charge in [-0.2, -0.15) is 0 Å². The molecule has 4 aromatic rings. The average molecular weight is 418 g/mol. The van der Waals surface area contributed by atoms with Crippen LogP contribution in [0.25, 0.3) is 22.4 Å². The molecule has 0 atom stereocenters. The Labute approximate surface area is 175 Å². The number of aromatic nitrogens is 7. The highest BCUT2D eigenvalue weighted by atomic mass is 16.2. The van der Waals surface area contributed by atoms with Crippen molar-refractivity contribution in [3.05, 3.63) is 62.9 Å². The lowest BCUT2D eigenvalue weighted by molar-refractivity contribution is 0.102.